The van der Waals surface area contributed by atoms with Gasteiger partial charge in [0.2, 0.25) is 0 Å². The lowest BCUT2D eigenvalue weighted by atomic mass is 10.2. The van der Waals surface area contributed by atoms with Gasteiger partial charge in [-0.15, -0.1) is 0 Å². The summed E-state index contributed by atoms with van der Waals surface area (Å²) in [6.45, 7) is 0. The molecule has 1 aromatic carbocycles. The summed E-state index contributed by atoms with van der Waals surface area (Å²) >= 11 is 0.996. The first-order valence-electron chi connectivity index (χ1n) is 4.22. The molecule has 4 nitrogen and oxygen atoms in total. The molecule has 1 rings (SSSR count). The molecule has 1 N–H and O–H groups in total. The predicted octanol–water partition coefficient (Wildman–Crippen LogP) is 1.98. The van der Waals surface area contributed by atoms with Crippen LogP contribution in [0, 0.1) is 0 Å². The van der Waals surface area contributed by atoms with Gasteiger partial charge in [0.1, 0.15) is 5.75 Å². The zero-order valence-electron chi connectivity index (χ0n) is 8.43. The van der Waals surface area contributed by atoms with E-state index in [1.165, 1.54) is 17.0 Å². The molecule has 1 aromatic rings. The van der Waals surface area contributed by atoms with E-state index in [2.05, 4.69) is 0 Å². The molecular weight excluding hydrogens is 214 g/mol. The van der Waals surface area contributed by atoms with Crippen molar-refractivity contribution in [3.63, 3.8) is 0 Å². The molecule has 0 atom stereocenters. The fraction of sp³-hybridized carbons (Fsp3) is 0.200. The summed E-state index contributed by atoms with van der Waals surface area (Å²) in [4.78, 5) is 23.8. The fourth-order valence-corrected chi connectivity index (χ4v) is 1.57. The van der Waals surface area contributed by atoms with Gasteiger partial charge < -0.3 is 10.0 Å². The van der Waals surface area contributed by atoms with Crippen LogP contribution in [0.15, 0.2) is 23.1 Å². The van der Waals surface area contributed by atoms with Crippen molar-refractivity contribution < 1.29 is 14.7 Å². The van der Waals surface area contributed by atoms with Crippen LogP contribution in [0.2, 0.25) is 0 Å². The maximum absolute atomic E-state index is 11.3. The second-order valence-electron chi connectivity index (χ2n) is 3.10. The van der Waals surface area contributed by atoms with Crippen LogP contribution in [0.1, 0.15) is 10.4 Å². The van der Waals surface area contributed by atoms with E-state index < -0.39 is 0 Å². The van der Waals surface area contributed by atoms with Gasteiger partial charge in [-0.3, -0.25) is 9.59 Å². The normalized spacial score (nSPS) is 9.73. The number of benzene rings is 1. The van der Waals surface area contributed by atoms with Crippen molar-refractivity contribution in [2.75, 3.05) is 14.1 Å². The molecule has 0 heterocycles. The van der Waals surface area contributed by atoms with E-state index in [1.54, 1.807) is 20.2 Å². The molecule has 0 bridgehead atoms. The lowest BCUT2D eigenvalue weighted by Gasteiger charge is -2.09. The number of rotatable bonds is 2. The topological polar surface area (TPSA) is 57.6 Å². The van der Waals surface area contributed by atoms with Gasteiger partial charge in [0.15, 0.2) is 6.29 Å². The third kappa shape index (κ3) is 2.99. The second-order valence-corrected chi connectivity index (χ2v) is 4.13. The maximum Gasteiger partial charge on any atom is 0.285 e. The highest BCUT2D eigenvalue weighted by molar-refractivity contribution is 8.13. The van der Waals surface area contributed by atoms with Crippen LogP contribution in [-0.4, -0.2) is 35.6 Å². The average Bonchev–Trinajstić information content (AvgIpc) is 2.18. The van der Waals surface area contributed by atoms with Crippen LogP contribution in [0.4, 0.5) is 4.79 Å². The average molecular weight is 225 g/mol. The number of phenolic OH excluding ortho intramolecular Hbond substituents is 1. The van der Waals surface area contributed by atoms with Gasteiger partial charge >= 0.3 is 0 Å². The smallest absolute Gasteiger partial charge is 0.285 e. The van der Waals surface area contributed by atoms with Crippen LogP contribution < -0.4 is 0 Å². The molecule has 5 heteroatoms. The third-order valence-corrected chi connectivity index (χ3v) is 2.73. The van der Waals surface area contributed by atoms with Crippen molar-refractivity contribution in [2.45, 2.75) is 4.90 Å². The Kier molecular flexibility index (Phi) is 3.74. The first kappa shape index (κ1) is 11.6. The van der Waals surface area contributed by atoms with Crippen molar-refractivity contribution in [1.29, 1.82) is 0 Å². The fourth-order valence-electron chi connectivity index (χ4n) is 0.879. The van der Waals surface area contributed by atoms with Crippen molar-refractivity contribution >= 4 is 23.3 Å². The Morgan fingerprint density at radius 2 is 2.13 bits per heavy atom. The number of hydrogen-bond acceptors (Lipinski definition) is 4. The Labute approximate surface area is 91.9 Å². The molecule has 0 saturated carbocycles. The highest BCUT2D eigenvalue weighted by Crippen LogP contribution is 2.26. The minimum absolute atomic E-state index is 0.110. The van der Waals surface area contributed by atoms with E-state index in [0.29, 0.717) is 11.2 Å². The first-order valence-corrected chi connectivity index (χ1v) is 5.03. The zero-order valence-corrected chi connectivity index (χ0v) is 9.25. The van der Waals surface area contributed by atoms with E-state index in [0.717, 1.165) is 11.8 Å². The Bertz CT molecular complexity index is 390. The summed E-state index contributed by atoms with van der Waals surface area (Å²) in [5, 5.41) is 9.24. The minimum atomic E-state index is -0.131. The van der Waals surface area contributed by atoms with Crippen LogP contribution in [0.25, 0.3) is 0 Å². The zero-order chi connectivity index (χ0) is 11.4. The Hall–Kier alpha value is -1.49. The van der Waals surface area contributed by atoms with E-state index in [1.807, 2.05) is 0 Å². The summed E-state index contributed by atoms with van der Waals surface area (Å²) in [6.07, 6.45) is 0.567. The standard InChI is InChI=1S/C10H11NO3S/c1-11(2)10(14)15-8-4-3-7(6-12)9(13)5-8/h3-6,13H,1-2H3. The number of carbonyl (C=O) groups is 2. The summed E-state index contributed by atoms with van der Waals surface area (Å²) < 4.78 is 0. The molecule has 0 spiro atoms. The molecule has 15 heavy (non-hydrogen) atoms. The summed E-state index contributed by atoms with van der Waals surface area (Å²) in [5.41, 5.74) is 0.219. The molecule has 1 amide bonds. The summed E-state index contributed by atoms with van der Waals surface area (Å²) in [5.74, 6) is -0.110. The molecule has 0 unspecified atom stereocenters. The van der Waals surface area contributed by atoms with Crippen LogP contribution >= 0.6 is 11.8 Å². The molecule has 0 fully saturated rings. The molecule has 0 saturated heterocycles. The SMILES string of the molecule is CN(C)C(=O)Sc1ccc(C=O)c(O)c1. The number of aldehydes is 1. The number of hydrogen-bond donors (Lipinski definition) is 1. The van der Waals surface area contributed by atoms with E-state index >= 15 is 0 Å². The van der Waals surface area contributed by atoms with E-state index in [-0.39, 0.29) is 16.6 Å². The molecule has 80 valence electrons. The molecule has 0 aliphatic rings. The molecular formula is C10H11NO3S. The van der Waals surface area contributed by atoms with E-state index in [4.69, 9.17) is 0 Å². The largest absolute Gasteiger partial charge is 0.507 e. The molecule has 0 aliphatic carbocycles. The number of amides is 1. The molecule has 0 aromatic heterocycles. The van der Waals surface area contributed by atoms with Crippen molar-refractivity contribution in [1.82, 2.24) is 4.90 Å². The Morgan fingerprint density at radius 3 is 2.60 bits per heavy atom. The van der Waals surface area contributed by atoms with Gasteiger partial charge in [0, 0.05) is 19.0 Å². The van der Waals surface area contributed by atoms with Gasteiger partial charge in [-0.2, -0.15) is 0 Å². The van der Waals surface area contributed by atoms with Crippen molar-refractivity contribution in [2.24, 2.45) is 0 Å². The van der Waals surface area contributed by atoms with Crippen molar-refractivity contribution in [3.05, 3.63) is 23.8 Å². The number of phenols is 1. The van der Waals surface area contributed by atoms with E-state index in [9.17, 15) is 14.7 Å². The quantitative estimate of drug-likeness (QED) is 0.617. The van der Waals surface area contributed by atoms with Gasteiger partial charge in [-0.25, -0.2) is 0 Å². The van der Waals surface area contributed by atoms with Gasteiger partial charge in [-0.1, -0.05) is 0 Å². The van der Waals surface area contributed by atoms with Gasteiger partial charge in [0.05, 0.1) is 5.56 Å². The van der Waals surface area contributed by atoms with Crippen LogP contribution in [-0.2, 0) is 0 Å². The van der Waals surface area contributed by atoms with Gasteiger partial charge in [-0.05, 0) is 30.0 Å². The number of thioether (sulfide) groups is 1. The Morgan fingerprint density at radius 1 is 1.47 bits per heavy atom. The lowest BCUT2D eigenvalue weighted by molar-refractivity contribution is 0.112. The third-order valence-electron chi connectivity index (χ3n) is 1.70. The monoisotopic (exact) mass is 225 g/mol. The van der Waals surface area contributed by atoms with Crippen LogP contribution in [0.3, 0.4) is 0 Å². The maximum atomic E-state index is 11.3. The predicted molar refractivity (Wildman–Crippen MR) is 58.4 cm³/mol. The number of nitrogens with zero attached hydrogens (tertiary/aromatic N) is 1. The lowest BCUT2D eigenvalue weighted by Crippen LogP contribution is -2.15. The number of aromatic hydroxyl groups is 1. The highest BCUT2D eigenvalue weighted by Gasteiger charge is 2.08. The molecule has 0 aliphatic heterocycles. The second kappa shape index (κ2) is 4.84. The van der Waals surface area contributed by atoms with Crippen molar-refractivity contribution in [3.8, 4) is 5.75 Å². The summed E-state index contributed by atoms with van der Waals surface area (Å²) in [7, 11) is 3.30. The van der Waals surface area contributed by atoms with Gasteiger partial charge in [0.25, 0.3) is 5.24 Å². The minimum Gasteiger partial charge on any atom is -0.507 e. The number of carbonyl (C=O) groups excluding carboxylic acids is 2. The molecule has 0 radical (unpaired) electrons. The Balaban J connectivity index is 2.84. The first-order chi connectivity index (χ1) is 7.04. The summed E-state index contributed by atoms with van der Waals surface area (Å²) in [6, 6.07) is 4.50. The highest BCUT2D eigenvalue weighted by atomic mass is 32.2. The van der Waals surface area contributed by atoms with Crippen LogP contribution in [0.5, 0.6) is 5.75 Å².